The third-order valence-electron chi connectivity index (χ3n) is 26.0. The maximum absolute atomic E-state index is 13.2. The Morgan fingerprint density at radius 3 is 0.692 bits per heavy atom. The van der Waals surface area contributed by atoms with E-state index in [1.807, 2.05) is 0 Å². The Balaban J connectivity index is 1.88. The molecule has 1 aliphatic carbocycles. The Morgan fingerprint density at radius 2 is 0.458 bits per heavy atom. The Hall–Kier alpha value is -0.290. The minimum Gasteiger partial charge on any atom is -0.394 e. The number of aliphatic hydroxyl groups excluding tert-OH is 6. The second kappa shape index (κ2) is 62.9. The van der Waals surface area contributed by atoms with Gasteiger partial charge in [-0.15, -0.1) is 0 Å². The van der Waals surface area contributed by atoms with Gasteiger partial charge in [-0.2, -0.15) is 0 Å². The summed E-state index contributed by atoms with van der Waals surface area (Å²) in [5.74, 6) is 11.7. The van der Waals surface area contributed by atoms with E-state index in [1.165, 1.54) is 238 Å². The molecule has 15 heteroatoms. The highest BCUT2D eigenvalue weighted by Crippen LogP contribution is 2.47. The summed E-state index contributed by atoms with van der Waals surface area (Å²) < 4.78 is 48.4. The van der Waals surface area contributed by atoms with Crippen LogP contribution in [-0.4, -0.2) is 137 Å². The molecule has 1 aliphatic heterocycles. The Kier molecular flexibility index (Phi) is 60.5. The summed E-state index contributed by atoms with van der Waals surface area (Å²) in [6.07, 6.45) is 44.0. The normalized spacial score (nSPS) is 38.3. The third-order valence-corrected chi connectivity index (χ3v) is 27.0. The van der Waals surface area contributed by atoms with Gasteiger partial charge >= 0.3 is 7.82 Å². The van der Waals surface area contributed by atoms with Crippen LogP contribution in [0.4, 0.5) is 0 Å². The summed E-state index contributed by atoms with van der Waals surface area (Å²) in [5.41, 5.74) is 0. The minimum absolute atomic E-state index is 0.0265. The molecule has 21 unspecified atom stereocenters. The first-order chi connectivity index (χ1) is 51.0. The predicted octanol–water partition coefficient (Wildman–Crippen LogP) is 23.5. The van der Waals surface area contributed by atoms with Gasteiger partial charge in [0.2, 0.25) is 0 Å². The highest BCUT2D eigenvalue weighted by atomic mass is 31.2. The zero-order valence-corrected chi connectivity index (χ0v) is 74.0. The van der Waals surface area contributed by atoms with Crippen LogP contribution in [0.2, 0.25) is 0 Å². The van der Waals surface area contributed by atoms with Gasteiger partial charge in [-0.3, -0.25) is 9.05 Å². The van der Waals surface area contributed by atoms with Gasteiger partial charge in [-0.05, 0) is 120 Å². The maximum Gasteiger partial charge on any atom is 0.472 e. The van der Waals surface area contributed by atoms with Crippen LogP contribution in [-0.2, 0) is 32.6 Å². The lowest BCUT2D eigenvalue weighted by Crippen LogP contribution is -2.64. The highest BCUT2D eigenvalue weighted by Gasteiger charge is 2.51. The van der Waals surface area contributed by atoms with Crippen LogP contribution < -0.4 is 0 Å². The van der Waals surface area contributed by atoms with Crippen molar-refractivity contribution in [1.82, 2.24) is 0 Å². The van der Waals surface area contributed by atoms with E-state index in [0.29, 0.717) is 61.9 Å². The first-order valence-electron chi connectivity index (χ1n) is 46.0. The van der Waals surface area contributed by atoms with Crippen molar-refractivity contribution in [2.45, 2.75) is 442 Å². The van der Waals surface area contributed by atoms with Crippen LogP contribution in [0.25, 0.3) is 0 Å². The third kappa shape index (κ3) is 54.3. The van der Waals surface area contributed by atoms with Gasteiger partial charge in [-0.1, -0.05) is 368 Å². The summed E-state index contributed by atoms with van der Waals surface area (Å²) in [6.45, 7) is 41.5. The van der Waals surface area contributed by atoms with Crippen LogP contribution in [0.1, 0.15) is 393 Å². The molecule has 14 nitrogen and oxygen atoms in total. The van der Waals surface area contributed by atoms with Gasteiger partial charge in [0, 0.05) is 26.4 Å². The van der Waals surface area contributed by atoms with Crippen molar-refractivity contribution >= 4 is 7.82 Å². The van der Waals surface area contributed by atoms with Crippen molar-refractivity contribution < 1.29 is 68.1 Å². The number of rotatable bonds is 6. The first kappa shape index (κ1) is 103. The highest BCUT2D eigenvalue weighted by molar-refractivity contribution is 7.47. The average Bonchev–Trinajstić information content (AvgIpc) is 0.791. The molecule has 107 heavy (non-hydrogen) atoms. The van der Waals surface area contributed by atoms with Crippen molar-refractivity contribution in [3.63, 3.8) is 0 Å². The standard InChI is InChI=1S/C92H183O14P/c1-69-29-17-33-73(5)41-25-49-81(13)57-61-101-66-85(65-93)103-63-59-83(15)51-27-43-75(7)35-19-31-71(3)39-23-47-79(11)55-53-78(10)46-22-38-70(2)30-18-34-74(6)42-26-50-82(14)58-62-102-67-86(68-105-107(99,100)106-92-90(97)88(95)87(94)89(96)91(92)98)104-64-60-84(16)52-28-44-76(8)36-20-32-72(4)40-24-48-80(12)56-54-77(9)45-21-37-69/h69-98H,17-68H2,1-16H3,(H,99,100)/t69?,70?,71?,72?,73?,74?,75?,76?,77?,78?,79?,80?,81?,82?,83?,84?,85?,86?,87?,88-,89-,90-,91+,92?/m0/s1. The van der Waals surface area contributed by atoms with Crippen molar-refractivity contribution in [3.05, 3.63) is 0 Å². The largest absolute Gasteiger partial charge is 0.472 e. The van der Waals surface area contributed by atoms with Gasteiger partial charge in [-0.25, -0.2) is 4.57 Å². The second-order valence-corrected chi connectivity index (χ2v) is 39.7. The molecule has 2 rings (SSSR count). The number of aliphatic hydroxyl groups is 6. The molecule has 640 valence electrons. The van der Waals surface area contributed by atoms with Crippen molar-refractivity contribution in [2.75, 3.05) is 52.9 Å². The van der Waals surface area contributed by atoms with E-state index in [0.717, 1.165) is 111 Å². The van der Waals surface area contributed by atoms with E-state index < -0.39 is 50.6 Å². The molecule has 25 atom stereocenters. The molecule has 0 aromatic rings. The van der Waals surface area contributed by atoms with E-state index in [2.05, 4.69) is 111 Å². The second-order valence-electron chi connectivity index (χ2n) is 38.3. The van der Waals surface area contributed by atoms with Crippen LogP contribution in [0.15, 0.2) is 0 Å². The molecular weight excluding hydrogens is 1360 g/mol. The lowest BCUT2D eigenvalue weighted by molar-refractivity contribution is -0.220. The number of ether oxygens (including phenoxy) is 4. The molecule has 0 amide bonds. The smallest absolute Gasteiger partial charge is 0.394 e. The van der Waals surface area contributed by atoms with E-state index in [4.69, 9.17) is 28.0 Å². The summed E-state index contributed by atoms with van der Waals surface area (Å²) in [5, 5.41) is 61.4. The van der Waals surface area contributed by atoms with Crippen molar-refractivity contribution in [3.8, 4) is 0 Å². The fourth-order valence-electron chi connectivity index (χ4n) is 17.1. The quantitative estimate of drug-likeness (QED) is 0.123. The van der Waals surface area contributed by atoms with Gasteiger partial charge in [0.1, 0.15) is 48.8 Å². The van der Waals surface area contributed by atoms with Crippen LogP contribution in [0.3, 0.4) is 0 Å². The van der Waals surface area contributed by atoms with E-state index >= 15 is 0 Å². The monoisotopic (exact) mass is 1540 g/mol. The molecule has 7 N–H and O–H groups in total. The van der Waals surface area contributed by atoms with Crippen LogP contribution >= 0.6 is 7.82 Å². The predicted molar refractivity (Wildman–Crippen MR) is 449 cm³/mol. The number of phosphoric acid groups is 1. The molecule has 1 saturated heterocycles. The molecular formula is C92H183O14P. The molecule has 1 heterocycles. The van der Waals surface area contributed by atoms with Gasteiger partial charge in [0.25, 0.3) is 0 Å². The maximum atomic E-state index is 13.2. The van der Waals surface area contributed by atoms with Crippen molar-refractivity contribution in [2.24, 2.45) is 94.7 Å². The number of hydrogen-bond donors (Lipinski definition) is 7. The Labute approximate surface area is 662 Å². The van der Waals surface area contributed by atoms with Crippen LogP contribution in [0.5, 0.6) is 0 Å². The zero-order valence-electron chi connectivity index (χ0n) is 73.1. The molecule has 1 saturated carbocycles. The van der Waals surface area contributed by atoms with Gasteiger partial charge < -0.3 is 54.5 Å². The molecule has 0 bridgehead atoms. The average molecular weight is 1540 g/mol. The van der Waals surface area contributed by atoms with Crippen LogP contribution in [0, 0.1) is 94.7 Å². The van der Waals surface area contributed by atoms with E-state index in [9.17, 15) is 40.1 Å². The summed E-state index contributed by atoms with van der Waals surface area (Å²) in [7, 11) is -4.96. The SMILES string of the molecule is CC1CCCC(C)CCCC(C)CCC(C)CCCC(C)CCCC(C)CCCC(C)CCOC(COP(=O)(O)OC2[C@@H](O)[C@@H](O)C(O)[C@H](O)[C@H]2O)COCCC(C)CCCC(C)CCCC(C)CCCC(C)CCC(C)CCCC(C)CCCC(C)CCCC(C)CCOC(CO)COCCC(C)CCC1. The first-order valence-corrected chi connectivity index (χ1v) is 47.5. The Morgan fingerprint density at radius 1 is 0.271 bits per heavy atom. The fourth-order valence-corrected chi connectivity index (χ4v) is 18.0. The fraction of sp³-hybridized carbons (Fsp3) is 1.00. The molecule has 0 radical (unpaired) electrons. The zero-order chi connectivity index (χ0) is 79.4. The lowest BCUT2D eigenvalue weighted by Gasteiger charge is -2.41. The summed E-state index contributed by atoms with van der Waals surface area (Å²) >= 11 is 0. The summed E-state index contributed by atoms with van der Waals surface area (Å²) in [6, 6.07) is 0. The molecule has 0 aromatic heterocycles. The minimum atomic E-state index is -4.96. The van der Waals surface area contributed by atoms with E-state index in [1.54, 1.807) is 0 Å². The van der Waals surface area contributed by atoms with Gasteiger partial charge in [0.05, 0.1) is 26.4 Å². The number of phosphoric ester groups is 1. The molecule has 0 aromatic carbocycles. The molecule has 0 spiro atoms. The van der Waals surface area contributed by atoms with Crippen molar-refractivity contribution in [1.29, 1.82) is 0 Å². The van der Waals surface area contributed by atoms with Gasteiger partial charge in [0.15, 0.2) is 0 Å². The molecule has 2 aliphatic rings. The number of hydrogen-bond acceptors (Lipinski definition) is 13. The summed E-state index contributed by atoms with van der Waals surface area (Å²) in [4.78, 5) is 10.7. The Bertz CT molecular complexity index is 2040. The topological polar surface area (TPSA) is 214 Å². The van der Waals surface area contributed by atoms with E-state index in [-0.39, 0.29) is 25.9 Å². The molecule has 2 fully saturated rings. The lowest BCUT2D eigenvalue weighted by atomic mass is 9.85.